The molecule has 3 heterocycles. The van der Waals surface area contributed by atoms with E-state index < -0.39 is 11.9 Å². The van der Waals surface area contributed by atoms with Crippen LogP contribution < -0.4 is 5.32 Å². The number of nitrogens with zero attached hydrogens (tertiary/aromatic N) is 4. The Kier molecular flexibility index (Phi) is 5.13. The van der Waals surface area contributed by atoms with Crippen LogP contribution in [0.15, 0.2) is 71.5 Å². The quantitative estimate of drug-likeness (QED) is 0.521. The molecule has 0 bridgehead atoms. The van der Waals surface area contributed by atoms with E-state index in [0.29, 0.717) is 18.0 Å². The van der Waals surface area contributed by atoms with Crippen LogP contribution >= 0.6 is 0 Å². The number of benzene rings is 1. The number of hydrogen-bond donors (Lipinski definition) is 1. The molecule has 4 aromatic rings. The molecule has 0 saturated carbocycles. The van der Waals surface area contributed by atoms with E-state index >= 15 is 0 Å². The normalized spacial score (nSPS) is 11.6. The molecule has 4 rings (SSSR count). The van der Waals surface area contributed by atoms with E-state index in [1.54, 1.807) is 59.5 Å². The average Bonchev–Trinajstić information content (AvgIpc) is 3.48. The average molecular weight is 415 g/mol. The Morgan fingerprint density at radius 2 is 1.87 bits per heavy atom. The summed E-state index contributed by atoms with van der Waals surface area (Å²) in [4.78, 5) is 12.3. The number of amides is 1. The van der Waals surface area contributed by atoms with Gasteiger partial charge < -0.3 is 9.73 Å². The molecule has 0 aliphatic heterocycles. The van der Waals surface area contributed by atoms with Crippen LogP contribution in [0.3, 0.4) is 0 Å². The van der Waals surface area contributed by atoms with Gasteiger partial charge in [-0.3, -0.25) is 9.48 Å². The summed E-state index contributed by atoms with van der Waals surface area (Å²) in [6, 6.07) is 12.7. The summed E-state index contributed by atoms with van der Waals surface area (Å²) >= 11 is 0. The summed E-state index contributed by atoms with van der Waals surface area (Å²) in [6.45, 7) is 0.659. The van der Waals surface area contributed by atoms with E-state index in [2.05, 4.69) is 15.5 Å². The Bertz CT molecular complexity index is 1130. The molecule has 1 amide bonds. The lowest BCUT2D eigenvalue weighted by Crippen LogP contribution is -2.22. The number of aromatic nitrogens is 4. The van der Waals surface area contributed by atoms with E-state index in [1.165, 1.54) is 6.20 Å². The van der Waals surface area contributed by atoms with Crippen molar-refractivity contribution in [3.63, 3.8) is 0 Å². The fourth-order valence-corrected chi connectivity index (χ4v) is 2.79. The molecule has 1 aromatic carbocycles. The van der Waals surface area contributed by atoms with Crippen molar-refractivity contribution in [1.82, 2.24) is 24.9 Å². The van der Waals surface area contributed by atoms with Crippen LogP contribution in [0.2, 0.25) is 0 Å². The van der Waals surface area contributed by atoms with Crippen molar-refractivity contribution in [1.29, 1.82) is 0 Å². The predicted octanol–water partition coefficient (Wildman–Crippen LogP) is 3.66. The van der Waals surface area contributed by atoms with E-state index in [9.17, 15) is 18.0 Å². The van der Waals surface area contributed by atoms with Gasteiger partial charge in [0.05, 0.1) is 12.2 Å². The van der Waals surface area contributed by atoms with Crippen molar-refractivity contribution >= 4 is 5.91 Å². The molecule has 7 nitrogen and oxygen atoms in total. The van der Waals surface area contributed by atoms with Gasteiger partial charge in [0.15, 0.2) is 11.5 Å². The largest absolute Gasteiger partial charge is 0.454 e. The van der Waals surface area contributed by atoms with E-state index in [-0.39, 0.29) is 18.2 Å². The molecule has 0 atom stereocenters. The number of hydrogen-bond acceptors (Lipinski definition) is 4. The van der Waals surface area contributed by atoms with Crippen molar-refractivity contribution in [3.8, 4) is 5.69 Å². The van der Waals surface area contributed by atoms with Gasteiger partial charge in [0.25, 0.3) is 5.91 Å². The summed E-state index contributed by atoms with van der Waals surface area (Å²) in [5.41, 5.74) is 0.303. The second-order valence-corrected chi connectivity index (χ2v) is 6.46. The summed E-state index contributed by atoms with van der Waals surface area (Å²) < 4.78 is 46.4. The van der Waals surface area contributed by atoms with Gasteiger partial charge in [-0.15, -0.1) is 0 Å². The third-order valence-electron chi connectivity index (χ3n) is 4.30. The highest BCUT2D eigenvalue weighted by atomic mass is 19.4. The minimum atomic E-state index is -4.49. The minimum absolute atomic E-state index is 0.185. The molecule has 0 spiro atoms. The maximum atomic E-state index is 12.7. The lowest BCUT2D eigenvalue weighted by molar-refractivity contribution is -0.141. The van der Waals surface area contributed by atoms with Gasteiger partial charge in [-0.1, -0.05) is 12.1 Å². The Morgan fingerprint density at radius 1 is 1.07 bits per heavy atom. The standard InChI is InChI=1S/C20H16F3N5O2/c21-20(22,23)18-8-11-28(26-18)15-4-2-14(3-5-15)12-24-19(29)17-7-6-16(30-17)13-27-10-1-9-25-27/h1-11H,12-13H2,(H,24,29). The fourth-order valence-electron chi connectivity index (χ4n) is 2.79. The van der Waals surface area contributed by atoms with Gasteiger partial charge in [-0.25, -0.2) is 4.68 Å². The number of alkyl halides is 3. The maximum Gasteiger partial charge on any atom is 0.435 e. The van der Waals surface area contributed by atoms with Gasteiger partial charge in [0.1, 0.15) is 5.76 Å². The zero-order valence-corrected chi connectivity index (χ0v) is 15.5. The molecule has 1 N–H and O–H groups in total. The van der Waals surface area contributed by atoms with Crippen LogP contribution in [0, 0.1) is 0 Å². The second-order valence-electron chi connectivity index (χ2n) is 6.46. The van der Waals surface area contributed by atoms with Crippen LogP contribution in [0.5, 0.6) is 0 Å². The molecule has 0 fully saturated rings. The number of furan rings is 1. The number of rotatable bonds is 6. The topological polar surface area (TPSA) is 77.9 Å². The van der Waals surface area contributed by atoms with Gasteiger partial charge in [-0.05, 0) is 42.0 Å². The Morgan fingerprint density at radius 3 is 2.53 bits per heavy atom. The van der Waals surface area contributed by atoms with Crippen molar-refractivity contribution < 1.29 is 22.4 Å². The summed E-state index contributed by atoms with van der Waals surface area (Å²) in [5.74, 6) is 0.420. The summed E-state index contributed by atoms with van der Waals surface area (Å²) in [7, 11) is 0. The molecule has 10 heteroatoms. The molecular formula is C20H16F3N5O2. The molecule has 0 aliphatic carbocycles. The number of carbonyl (C=O) groups excluding carboxylic acids is 1. The van der Waals surface area contributed by atoms with Crippen LogP contribution in [0.1, 0.15) is 27.6 Å². The van der Waals surface area contributed by atoms with E-state index in [4.69, 9.17) is 4.42 Å². The molecule has 0 radical (unpaired) electrons. The lowest BCUT2D eigenvalue weighted by Gasteiger charge is -2.06. The first-order chi connectivity index (χ1) is 14.4. The number of carbonyl (C=O) groups is 1. The minimum Gasteiger partial charge on any atom is -0.454 e. The van der Waals surface area contributed by atoms with Crippen LogP contribution in [0.25, 0.3) is 5.69 Å². The fraction of sp³-hybridized carbons (Fsp3) is 0.150. The van der Waals surface area contributed by atoms with Crippen LogP contribution in [-0.4, -0.2) is 25.5 Å². The Hall–Kier alpha value is -3.82. The van der Waals surface area contributed by atoms with E-state index in [0.717, 1.165) is 16.3 Å². The first kappa shape index (κ1) is 19.5. The molecular weight excluding hydrogens is 399 g/mol. The van der Waals surface area contributed by atoms with Crippen LogP contribution in [0.4, 0.5) is 13.2 Å². The van der Waals surface area contributed by atoms with Crippen LogP contribution in [-0.2, 0) is 19.3 Å². The SMILES string of the molecule is O=C(NCc1ccc(-n2ccc(C(F)(F)F)n2)cc1)c1ccc(Cn2cccn2)o1. The lowest BCUT2D eigenvalue weighted by atomic mass is 10.2. The van der Waals surface area contributed by atoms with Crippen molar-refractivity contribution in [3.05, 3.63) is 89.9 Å². The Balaban J connectivity index is 1.34. The van der Waals surface area contributed by atoms with E-state index in [1.807, 2.05) is 0 Å². The maximum absolute atomic E-state index is 12.7. The highest BCUT2D eigenvalue weighted by molar-refractivity contribution is 5.91. The zero-order valence-electron chi connectivity index (χ0n) is 15.5. The van der Waals surface area contributed by atoms with Crippen molar-refractivity contribution in [2.45, 2.75) is 19.3 Å². The molecule has 0 aliphatic rings. The molecule has 0 saturated heterocycles. The smallest absolute Gasteiger partial charge is 0.435 e. The molecule has 154 valence electrons. The monoisotopic (exact) mass is 415 g/mol. The highest BCUT2D eigenvalue weighted by Gasteiger charge is 2.33. The Labute approximate surface area is 168 Å². The first-order valence-electron chi connectivity index (χ1n) is 8.95. The van der Waals surface area contributed by atoms with Gasteiger partial charge in [-0.2, -0.15) is 23.4 Å². The van der Waals surface area contributed by atoms with Gasteiger partial charge in [0, 0.05) is 25.1 Å². The molecule has 0 unspecified atom stereocenters. The zero-order chi connectivity index (χ0) is 21.1. The summed E-state index contributed by atoms with van der Waals surface area (Å²) in [5, 5.41) is 10.3. The number of nitrogens with one attached hydrogen (secondary N) is 1. The third kappa shape index (κ3) is 4.43. The first-order valence-corrected chi connectivity index (χ1v) is 8.95. The predicted molar refractivity (Wildman–Crippen MR) is 99.8 cm³/mol. The highest BCUT2D eigenvalue weighted by Crippen LogP contribution is 2.27. The number of halogens is 3. The third-order valence-corrected chi connectivity index (χ3v) is 4.30. The second kappa shape index (κ2) is 7.90. The van der Waals surface area contributed by atoms with Gasteiger partial charge in [0.2, 0.25) is 0 Å². The molecule has 3 aromatic heterocycles. The van der Waals surface area contributed by atoms with Crippen molar-refractivity contribution in [2.75, 3.05) is 0 Å². The molecule has 30 heavy (non-hydrogen) atoms. The summed E-state index contributed by atoms with van der Waals surface area (Å²) in [6.07, 6.45) is 0.208. The van der Waals surface area contributed by atoms with Gasteiger partial charge >= 0.3 is 6.18 Å². The van der Waals surface area contributed by atoms with Crippen molar-refractivity contribution in [2.24, 2.45) is 0 Å².